The molecular weight excluding hydrogens is 400 g/mol. The summed E-state index contributed by atoms with van der Waals surface area (Å²) in [5.41, 5.74) is 2.75. The number of rotatable bonds is 8. The third-order valence-electron chi connectivity index (χ3n) is 4.89. The van der Waals surface area contributed by atoms with E-state index in [0.717, 1.165) is 11.1 Å². The number of para-hydroxylation sites is 1. The Kier molecular flexibility index (Phi) is 5.79. The summed E-state index contributed by atoms with van der Waals surface area (Å²) in [4.78, 5) is 15.4. The van der Waals surface area contributed by atoms with Crippen LogP contribution in [-0.2, 0) is 4.79 Å². The average molecular weight is 422 g/mol. The number of benzene rings is 2. The lowest BCUT2D eigenvalue weighted by molar-refractivity contribution is -0.137. The summed E-state index contributed by atoms with van der Waals surface area (Å²) in [6, 6.07) is 14.4. The van der Waals surface area contributed by atoms with Gasteiger partial charge in [0.15, 0.2) is 11.5 Å². The van der Waals surface area contributed by atoms with Crippen molar-refractivity contribution in [1.29, 1.82) is 0 Å². The van der Waals surface area contributed by atoms with E-state index in [9.17, 15) is 9.90 Å². The molecule has 0 amide bonds. The van der Waals surface area contributed by atoms with Crippen LogP contribution in [0.4, 0.5) is 5.82 Å². The fourth-order valence-electron chi connectivity index (χ4n) is 3.38. The van der Waals surface area contributed by atoms with Crippen LogP contribution >= 0.6 is 0 Å². The van der Waals surface area contributed by atoms with E-state index in [4.69, 9.17) is 19.3 Å². The van der Waals surface area contributed by atoms with Gasteiger partial charge in [-0.15, -0.1) is 0 Å². The number of carboxylic acids is 1. The van der Waals surface area contributed by atoms with Gasteiger partial charge in [0.25, 0.3) is 0 Å². The molecule has 0 fully saturated rings. The first kappa shape index (κ1) is 20.3. The second-order valence-electron chi connectivity index (χ2n) is 6.97. The molecule has 1 aliphatic rings. The summed E-state index contributed by atoms with van der Waals surface area (Å²) >= 11 is 0. The maximum atomic E-state index is 10.8. The smallest absolute Gasteiger partial charge is 0.303 e. The van der Waals surface area contributed by atoms with Crippen molar-refractivity contribution in [3.05, 3.63) is 48.5 Å². The standard InChI is InChI=1S/C23H22N2O6/c1-29-15-7-8-17(19(26)12-15)18-10-14(11-21(25-18)24-9-3-6-22(27)28)16-4-2-5-20-23(16)31-13-30-20/h2,4-5,7-8,10-12,26H,3,6,9,13H2,1H3,(H,24,25)(H,27,28). The molecule has 1 aliphatic heterocycles. The first-order chi connectivity index (χ1) is 15.0. The van der Waals surface area contributed by atoms with Crippen molar-refractivity contribution in [2.24, 2.45) is 0 Å². The topological polar surface area (TPSA) is 110 Å². The van der Waals surface area contributed by atoms with Crippen LogP contribution in [0.2, 0.25) is 0 Å². The lowest BCUT2D eigenvalue weighted by Crippen LogP contribution is -2.06. The minimum Gasteiger partial charge on any atom is -0.507 e. The highest BCUT2D eigenvalue weighted by Crippen LogP contribution is 2.43. The second-order valence-corrected chi connectivity index (χ2v) is 6.97. The molecule has 2 heterocycles. The Labute approximate surface area is 179 Å². The number of hydrogen-bond donors (Lipinski definition) is 3. The Bertz CT molecular complexity index is 1120. The molecule has 0 radical (unpaired) electrons. The van der Waals surface area contributed by atoms with Gasteiger partial charge in [-0.2, -0.15) is 0 Å². The van der Waals surface area contributed by atoms with E-state index < -0.39 is 5.97 Å². The molecule has 0 saturated carbocycles. The maximum Gasteiger partial charge on any atom is 0.303 e. The van der Waals surface area contributed by atoms with E-state index in [2.05, 4.69) is 10.3 Å². The second kappa shape index (κ2) is 8.83. The number of fused-ring (bicyclic) bond motifs is 1. The summed E-state index contributed by atoms with van der Waals surface area (Å²) in [6.07, 6.45) is 0.526. The summed E-state index contributed by atoms with van der Waals surface area (Å²) in [5, 5.41) is 22.5. The number of aliphatic carboxylic acids is 1. The number of anilines is 1. The average Bonchev–Trinajstić information content (AvgIpc) is 3.25. The van der Waals surface area contributed by atoms with Gasteiger partial charge in [0.05, 0.1) is 12.8 Å². The number of aromatic nitrogens is 1. The predicted molar refractivity (Wildman–Crippen MR) is 115 cm³/mol. The number of ether oxygens (including phenoxy) is 3. The summed E-state index contributed by atoms with van der Waals surface area (Å²) in [5.74, 6) is 1.61. The normalized spacial score (nSPS) is 11.9. The molecule has 0 unspecified atom stereocenters. The van der Waals surface area contributed by atoms with E-state index in [0.29, 0.717) is 47.3 Å². The zero-order valence-electron chi connectivity index (χ0n) is 16.9. The molecular formula is C23H22N2O6. The van der Waals surface area contributed by atoms with E-state index in [1.807, 2.05) is 30.3 Å². The fraction of sp³-hybridized carbons (Fsp3) is 0.217. The molecule has 3 aromatic rings. The van der Waals surface area contributed by atoms with Gasteiger partial charge in [-0.05, 0) is 42.3 Å². The lowest BCUT2D eigenvalue weighted by atomic mass is 10.0. The number of phenolic OH excluding ortho intramolecular Hbond substituents is 1. The molecule has 160 valence electrons. The van der Waals surface area contributed by atoms with E-state index >= 15 is 0 Å². The summed E-state index contributed by atoms with van der Waals surface area (Å²) in [7, 11) is 1.53. The van der Waals surface area contributed by atoms with Crippen molar-refractivity contribution in [3.8, 4) is 45.4 Å². The lowest BCUT2D eigenvalue weighted by Gasteiger charge is -2.13. The summed E-state index contributed by atoms with van der Waals surface area (Å²) in [6.45, 7) is 0.604. The van der Waals surface area contributed by atoms with Crippen molar-refractivity contribution in [1.82, 2.24) is 4.98 Å². The molecule has 8 heteroatoms. The van der Waals surface area contributed by atoms with Gasteiger partial charge in [0.2, 0.25) is 6.79 Å². The number of hydrogen-bond acceptors (Lipinski definition) is 7. The predicted octanol–water partition coefficient (Wildman–Crippen LogP) is 4.14. The first-order valence-corrected chi connectivity index (χ1v) is 9.79. The van der Waals surface area contributed by atoms with Gasteiger partial charge in [0.1, 0.15) is 17.3 Å². The highest BCUT2D eigenvalue weighted by atomic mass is 16.7. The van der Waals surface area contributed by atoms with Crippen LogP contribution in [0.3, 0.4) is 0 Å². The van der Waals surface area contributed by atoms with Crippen molar-refractivity contribution >= 4 is 11.8 Å². The molecule has 8 nitrogen and oxygen atoms in total. The van der Waals surface area contributed by atoms with Gasteiger partial charge in [-0.3, -0.25) is 4.79 Å². The minimum absolute atomic E-state index is 0.0405. The van der Waals surface area contributed by atoms with E-state index in [-0.39, 0.29) is 19.0 Å². The number of carbonyl (C=O) groups is 1. The van der Waals surface area contributed by atoms with Crippen molar-refractivity contribution in [3.63, 3.8) is 0 Å². The van der Waals surface area contributed by atoms with Gasteiger partial charge in [-0.1, -0.05) is 12.1 Å². The van der Waals surface area contributed by atoms with Gasteiger partial charge in [0, 0.05) is 30.2 Å². The molecule has 0 aliphatic carbocycles. The first-order valence-electron chi connectivity index (χ1n) is 9.79. The molecule has 31 heavy (non-hydrogen) atoms. The zero-order chi connectivity index (χ0) is 21.8. The van der Waals surface area contributed by atoms with Crippen LogP contribution in [-0.4, -0.2) is 41.6 Å². The Balaban J connectivity index is 1.74. The molecule has 0 saturated heterocycles. The van der Waals surface area contributed by atoms with E-state index in [1.54, 1.807) is 12.1 Å². The number of pyridine rings is 1. The number of methoxy groups -OCH3 is 1. The Hall–Kier alpha value is -3.94. The Morgan fingerprint density at radius 1 is 1.16 bits per heavy atom. The third kappa shape index (κ3) is 4.48. The molecule has 0 spiro atoms. The van der Waals surface area contributed by atoms with Crippen LogP contribution in [0, 0.1) is 0 Å². The SMILES string of the molecule is COc1ccc(-c2cc(-c3cccc4c3OCO4)cc(NCCCC(=O)O)n2)c(O)c1. The van der Waals surface area contributed by atoms with Crippen molar-refractivity contribution < 1.29 is 29.2 Å². The quantitative estimate of drug-likeness (QED) is 0.465. The third-order valence-corrected chi connectivity index (χ3v) is 4.89. The largest absolute Gasteiger partial charge is 0.507 e. The molecule has 4 rings (SSSR count). The van der Waals surface area contributed by atoms with Crippen LogP contribution in [0.5, 0.6) is 23.0 Å². The molecule has 3 N–H and O–H groups in total. The molecule has 2 aromatic carbocycles. The zero-order valence-corrected chi connectivity index (χ0v) is 16.9. The van der Waals surface area contributed by atoms with Crippen LogP contribution in [0.15, 0.2) is 48.5 Å². The number of nitrogens with one attached hydrogen (secondary N) is 1. The minimum atomic E-state index is -0.843. The molecule has 1 aromatic heterocycles. The number of carboxylic acid groups (broad SMARTS) is 1. The van der Waals surface area contributed by atoms with Gasteiger partial charge >= 0.3 is 5.97 Å². The van der Waals surface area contributed by atoms with E-state index in [1.165, 1.54) is 13.2 Å². The van der Waals surface area contributed by atoms with Crippen LogP contribution in [0.25, 0.3) is 22.4 Å². The Morgan fingerprint density at radius 2 is 2.03 bits per heavy atom. The van der Waals surface area contributed by atoms with Crippen LogP contribution in [0.1, 0.15) is 12.8 Å². The molecule has 0 bridgehead atoms. The van der Waals surface area contributed by atoms with Crippen LogP contribution < -0.4 is 19.5 Å². The number of nitrogens with zero attached hydrogens (tertiary/aromatic N) is 1. The highest BCUT2D eigenvalue weighted by Gasteiger charge is 2.20. The maximum absolute atomic E-state index is 10.8. The summed E-state index contributed by atoms with van der Waals surface area (Å²) < 4.78 is 16.3. The van der Waals surface area contributed by atoms with Crippen molar-refractivity contribution in [2.75, 3.05) is 25.8 Å². The van der Waals surface area contributed by atoms with Gasteiger partial charge < -0.3 is 29.7 Å². The van der Waals surface area contributed by atoms with Gasteiger partial charge in [-0.25, -0.2) is 4.98 Å². The highest BCUT2D eigenvalue weighted by molar-refractivity contribution is 5.81. The number of phenols is 1. The monoisotopic (exact) mass is 422 g/mol. The number of aromatic hydroxyl groups is 1. The van der Waals surface area contributed by atoms with Crippen molar-refractivity contribution in [2.45, 2.75) is 12.8 Å². The Morgan fingerprint density at radius 3 is 2.81 bits per heavy atom. The molecule has 0 atom stereocenters. The fourth-order valence-corrected chi connectivity index (χ4v) is 3.38.